The number of hydrogen-bond donors (Lipinski definition) is 3. The van der Waals surface area contributed by atoms with E-state index in [1.54, 1.807) is 37.3 Å². The number of esters is 1. The summed E-state index contributed by atoms with van der Waals surface area (Å²) in [4.78, 5) is 12.0. The van der Waals surface area contributed by atoms with E-state index in [0.717, 1.165) is 36.3 Å². The van der Waals surface area contributed by atoms with E-state index in [4.69, 9.17) is 20.6 Å². The van der Waals surface area contributed by atoms with Gasteiger partial charge in [0.15, 0.2) is 5.75 Å². The number of piperidine rings is 1. The molecule has 0 amide bonds. The van der Waals surface area contributed by atoms with Crippen molar-refractivity contribution in [2.75, 3.05) is 36.3 Å². The van der Waals surface area contributed by atoms with Crippen LogP contribution < -0.4 is 20.1 Å². The van der Waals surface area contributed by atoms with Crippen LogP contribution in [-0.4, -0.2) is 58.3 Å². The predicted octanol–water partition coefficient (Wildman–Crippen LogP) is 2.81. The maximum atomic E-state index is 15.1. The molecule has 0 aliphatic carbocycles. The van der Waals surface area contributed by atoms with Crippen LogP contribution in [0.2, 0.25) is 0 Å². The van der Waals surface area contributed by atoms with Crippen LogP contribution in [-0.2, 0) is 19.6 Å². The minimum Gasteiger partial charge on any atom is -0.490 e. The van der Waals surface area contributed by atoms with E-state index >= 15 is 4.39 Å². The van der Waals surface area contributed by atoms with Crippen molar-refractivity contribution in [3.8, 4) is 5.75 Å². The maximum absolute atomic E-state index is 15.1. The SMILES string of the molecule is CCOC(=O)CS(=O)(=O)N(C/C(F)=C/c1cccc(C(=N)N)c1)c1ccc(OC2CCNCC2)cc1. The second kappa shape index (κ2) is 12.5. The molecule has 0 unspecified atom stereocenters. The summed E-state index contributed by atoms with van der Waals surface area (Å²) in [5.74, 6) is -2.21. The number of nitrogen functional groups attached to an aromatic ring is 1. The predicted molar refractivity (Wildman–Crippen MR) is 137 cm³/mol. The fraction of sp³-hybridized carbons (Fsp3) is 0.360. The molecule has 1 aliphatic heterocycles. The summed E-state index contributed by atoms with van der Waals surface area (Å²) in [6.07, 6.45) is 2.95. The van der Waals surface area contributed by atoms with E-state index in [0.29, 0.717) is 16.9 Å². The third-order valence-corrected chi connectivity index (χ3v) is 7.08. The number of rotatable bonds is 11. The zero-order valence-electron chi connectivity index (χ0n) is 20.1. The number of nitrogens with two attached hydrogens (primary N) is 1. The number of sulfonamides is 1. The molecule has 1 aliphatic rings. The lowest BCUT2D eigenvalue weighted by atomic mass is 10.1. The maximum Gasteiger partial charge on any atom is 0.323 e. The normalized spacial score (nSPS) is 14.8. The van der Waals surface area contributed by atoms with Crippen LogP contribution in [0.15, 0.2) is 54.4 Å². The summed E-state index contributed by atoms with van der Waals surface area (Å²) >= 11 is 0. The monoisotopic (exact) mass is 518 g/mol. The number of amidine groups is 1. The topological polar surface area (TPSA) is 135 Å². The third kappa shape index (κ3) is 7.79. The summed E-state index contributed by atoms with van der Waals surface area (Å²) in [5.41, 5.74) is 6.49. The highest BCUT2D eigenvalue weighted by Crippen LogP contribution is 2.26. The van der Waals surface area contributed by atoms with Gasteiger partial charge in [-0.05, 0) is 74.8 Å². The number of carbonyl (C=O) groups excluding carboxylic acids is 1. The number of ether oxygens (including phenoxy) is 2. The number of hydrogen-bond acceptors (Lipinski definition) is 7. The summed E-state index contributed by atoms with van der Waals surface area (Å²) in [6, 6.07) is 12.6. The van der Waals surface area contributed by atoms with Gasteiger partial charge < -0.3 is 20.5 Å². The summed E-state index contributed by atoms with van der Waals surface area (Å²) in [5, 5.41) is 10.8. The van der Waals surface area contributed by atoms with Gasteiger partial charge in [0, 0.05) is 5.56 Å². The summed E-state index contributed by atoms with van der Waals surface area (Å²) in [6.45, 7) is 2.69. The Morgan fingerprint density at radius 2 is 1.92 bits per heavy atom. The molecule has 36 heavy (non-hydrogen) atoms. The Kier molecular flexibility index (Phi) is 9.43. The van der Waals surface area contributed by atoms with Gasteiger partial charge in [-0.2, -0.15) is 0 Å². The number of anilines is 1. The smallest absolute Gasteiger partial charge is 0.323 e. The average Bonchev–Trinajstić information content (AvgIpc) is 2.84. The molecular weight excluding hydrogens is 487 g/mol. The highest BCUT2D eigenvalue weighted by atomic mass is 32.2. The number of nitrogens with zero attached hydrogens (tertiary/aromatic N) is 1. The van der Waals surface area contributed by atoms with Crippen molar-refractivity contribution in [3.63, 3.8) is 0 Å². The molecule has 11 heteroatoms. The van der Waals surface area contributed by atoms with Gasteiger partial charge in [-0.1, -0.05) is 18.2 Å². The standard InChI is InChI=1S/C25H31FN4O5S/c1-2-34-24(31)17-36(32,33)30(16-20(26)15-18-4-3-5-19(14-18)25(27)28)21-6-8-22(9-7-21)35-23-10-12-29-13-11-23/h3-9,14-15,23,29H,2,10-13,16-17H2,1H3,(H3,27,28)/b20-15-. The molecule has 194 valence electrons. The van der Waals surface area contributed by atoms with Crippen molar-refractivity contribution >= 4 is 33.6 Å². The first-order chi connectivity index (χ1) is 17.2. The molecule has 1 heterocycles. The Bertz CT molecular complexity index is 1200. The van der Waals surface area contributed by atoms with Gasteiger partial charge in [0.25, 0.3) is 0 Å². The van der Waals surface area contributed by atoms with Gasteiger partial charge in [-0.15, -0.1) is 0 Å². The van der Waals surface area contributed by atoms with Crippen molar-refractivity contribution in [3.05, 3.63) is 65.5 Å². The van der Waals surface area contributed by atoms with Crippen LogP contribution in [0.5, 0.6) is 5.75 Å². The Hall–Kier alpha value is -3.44. The number of halogens is 1. The fourth-order valence-corrected chi connectivity index (χ4v) is 5.04. The van der Waals surface area contributed by atoms with Crippen LogP contribution in [0.25, 0.3) is 6.08 Å². The Labute approximate surface area is 210 Å². The molecule has 0 saturated carbocycles. The molecular formula is C25H31FN4O5S. The van der Waals surface area contributed by atoms with Crippen molar-refractivity contribution in [2.45, 2.75) is 25.9 Å². The van der Waals surface area contributed by atoms with Gasteiger partial charge in [0.1, 0.15) is 23.5 Å². The van der Waals surface area contributed by atoms with Gasteiger partial charge >= 0.3 is 5.97 Å². The zero-order valence-corrected chi connectivity index (χ0v) is 20.9. The largest absolute Gasteiger partial charge is 0.490 e. The fourth-order valence-electron chi connectivity index (χ4n) is 3.74. The van der Waals surface area contributed by atoms with E-state index in [-0.39, 0.29) is 24.2 Å². The lowest BCUT2D eigenvalue weighted by molar-refractivity contribution is -0.139. The first kappa shape index (κ1) is 27.2. The summed E-state index contributed by atoms with van der Waals surface area (Å²) in [7, 11) is -4.27. The van der Waals surface area contributed by atoms with E-state index < -0.39 is 34.1 Å². The Morgan fingerprint density at radius 3 is 2.56 bits per heavy atom. The molecule has 1 saturated heterocycles. The number of benzene rings is 2. The first-order valence-corrected chi connectivity index (χ1v) is 13.2. The van der Waals surface area contributed by atoms with Gasteiger partial charge in [-0.25, -0.2) is 12.8 Å². The molecule has 2 aromatic carbocycles. The lowest BCUT2D eigenvalue weighted by Crippen LogP contribution is -2.37. The quantitative estimate of drug-likeness (QED) is 0.237. The van der Waals surface area contributed by atoms with Crippen LogP contribution in [0.1, 0.15) is 30.9 Å². The van der Waals surface area contributed by atoms with Crippen molar-refractivity contribution in [1.29, 1.82) is 5.41 Å². The van der Waals surface area contributed by atoms with Gasteiger partial charge in [0.2, 0.25) is 10.0 Å². The van der Waals surface area contributed by atoms with E-state index in [1.807, 2.05) is 0 Å². The molecule has 0 aromatic heterocycles. The molecule has 4 N–H and O–H groups in total. The molecule has 0 atom stereocenters. The van der Waals surface area contributed by atoms with E-state index in [9.17, 15) is 13.2 Å². The van der Waals surface area contributed by atoms with Crippen molar-refractivity contribution in [2.24, 2.45) is 5.73 Å². The Morgan fingerprint density at radius 1 is 1.22 bits per heavy atom. The zero-order chi connectivity index (χ0) is 26.1. The molecule has 0 bridgehead atoms. The lowest BCUT2D eigenvalue weighted by Gasteiger charge is -2.25. The molecule has 9 nitrogen and oxygen atoms in total. The Balaban J connectivity index is 1.85. The van der Waals surface area contributed by atoms with Crippen LogP contribution in [0.4, 0.5) is 10.1 Å². The van der Waals surface area contributed by atoms with Gasteiger partial charge in [0.05, 0.1) is 18.8 Å². The minimum absolute atomic E-state index is 0.0256. The second-order valence-corrected chi connectivity index (χ2v) is 10.2. The second-order valence-electron chi connectivity index (χ2n) is 8.26. The van der Waals surface area contributed by atoms with Crippen LogP contribution in [0.3, 0.4) is 0 Å². The third-order valence-electron chi connectivity index (χ3n) is 5.47. The van der Waals surface area contributed by atoms with Crippen molar-refractivity contribution in [1.82, 2.24) is 5.32 Å². The first-order valence-electron chi connectivity index (χ1n) is 11.6. The molecule has 0 spiro atoms. The molecule has 3 rings (SSSR count). The average molecular weight is 519 g/mol. The van der Waals surface area contributed by atoms with Crippen molar-refractivity contribution < 1.29 is 27.1 Å². The van der Waals surface area contributed by atoms with E-state index in [1.165, 1.54) is 18.2 Å². The molecule has 0 radical (unpaired) electrons. The minimum atomic E-state index is -4.27. The molecule has 2 aromatic rings. The highest BCUT2D eigenvalue weighted by molar-refractivity contribution is 7.93. The highest BCUT2D eigenvalue weighted by Gasteiger charge is 2.28. The summed E-state index contributed by atoms with van der Waals surface area (Å²) < 4.78 is 52.9. The number of carbonyl (C=O) groups is 1. The molecule has 1 fully saturated rings. The van der Waals surface area contributed by atoms with Crippen LogP contribution >= 0.6 is 0 Å². The number of nitrogens with one attached hydrogen (secondary N) is 2. The van der Waals surface area contributed by atoms with Crippen LogP contribution in [0, 0.1) is 5.41 Å². The van der Waals surface area contributed by atoms with E-state index in [2.05, 4.69) is 5.32 Å². The van der Waals surface area contributed by atoms with Gasteiger partial charge in [-0.3, -0.25) is 14.5 Å².